The van der Waals surface area contributed by atoms with E-state index in [4.69, 9.17) is 10.1 Å². The van der Waals surface area contributed by atoms with E-state index in [1.807, 2.05) is 49.4 Å². The number of fused-ring (bicyclic) bond motifs is 2. The first kappa shape index (κ1) is 20.8. The molecule has 2 atom stereocenters. The largest absolute Gasteiger partial charge is 0.396 e. The van der Waals surface area contributed by atoms with Crippen LogP contribution in [0.25, 0.3) is 10.9 Å². The molecule has 3 N–H and O–H groups in total. The highest BCUT2D eigenvalue weighted by atomic mass is 32.2. The molecule has 2 aromatic carbocycles. The Balaban J connectivity index is 1.70. The molecule has 0 bridgehead atoms. The van der Waals surface area contributed by atoms with Crippen LogP contribution in [0.1, 0.15) is 17.5 Å². The molecule has 0 saturated heterocycles. The van der Waals surface area contributed by atoms with Gasteiger partial charge in [0.25, 0.3) is 0 Å². The van der Waals surface area contributed by atoms with E-state index in [0.29, 0.717) is 31.8 Å². The maximum atomic E-state index is 12.6. The lowest BCUT2D eigenvalue weighted by molar-refractivity contribution is 0.143. The number of nitrogens with one attached hydrogen (secondary N) is 1. The van der Waals surface area contributed by atoms with E-state index in [2.05, 4.69) is 16.3 Å². The summed E-state index contributed by atoms with van der Waals surface area (Å²) in [6.07, 6.45) is -0.296. The first-order valence-corrected chi connectivity index (χ1v) is 11.5. The van der Waals surface area contributed by atoms with Crippen LogP contribution in [0.4, 0.5) is 11.5 Å². The van der Waals surface area contributed by atoms with Crippen LogP contribution < -0.4 is 10.2 Å². The first-order chi connectivity index (χ1) is 14.5. The average molecular weight is 426 g/mol. The lowest BCUT2D eigenvalue weighted by Crippen LogP contribution is -2.26. The second kappa shape index (κ2) is 9.12. The average Bonchev–Trinajstić information content (AvgIpc) is 2.91. The van der Waals surface area contributed by atoms with E-state index in [1.165, 1.54) is 0 Å². The van der Waals surface area contributed by atoms with Crippen molar-refractivity contribution in [3.05, 3.63) is 59.7 Å². The van der Waals surface area contributed by atoms with E-state index in [-0.39, 0.29) is 6.61 Å². The van der Waals surface area contributed by atoms with Crippen LogP contribution in [0.3, 0.4) is 0 Å². The first-order valence-electron chi connectivity index (χ1n) is 10.2. The van der Waals surface area contributed by atoms with Crippen LogP contribution in [0.5, 0.6) is 0 Å². The van der Waals surface area contributed by atoms with Gasteiger partial charge in [-0.05, 0) is 37.1 Å². The Kier molecular flexibility index (Phi) is 6.32. The van der Waals surface area contributed by atoms with Gasteiger partial charge >= 0.3 is 0 Å². The highest BCUT2D eigenvalue weighted by Crippen LogP contribution is 2.30. The summed E-state index contributed by atoms with van der Waals surface area (Å²) < 4.78 is 12.6. The van der Waals surface area contributed by atoms with Crippen molar-refractivity contribution >= 4 is 33.2 Å². The molecule has 7 heteroatoms. The summed E-state index contributed by atoms with van der Waals surface area (Å²) in [6.45, 7) is 3.64. The quantitative estimate of drug-likeness (QED) is 0.563. The molecule has 2 heterocycles. The lowest BCUT2D eigenvalue weighted by atomic mass is 10.1. The van der Waals surface area contributed by atoms with Gasteiger partial charge in [-0.25, -0.2) is 4.98 Å². The number of aromatic nitrogens is 1. The smallest absolute Gasteiger partial charge is 0.131 e. The number of aryl methyl sites for hydroxylation is 1. The van der Waals surface area contributed by atoms with Crippen molar-refractivity contribution < 1.29 is 14.4 Å². The normalized spacial score (nSPS) is 17.4. The van der Waals surface area contributed by atoms with E-state index in [9.17, 15) is 9.32 Å². The summed E-state index contributed by atoms with van der Waals surface area (Å²) in [7, 11) is -1.02. The van der Waals surface area contributed by atoms with Crippen molar-refractivity contribution in [2.45, 2.75) is 30.9 Å². The molecule has 0 aliphatic carbocycles. The predicted octanol–water partition coefficient (Wildman–Crippen LogP) is 2.83. The molecule has 158 valence electrons. The molecule has 0 fully saturated rings. The minimum Gasteiger partial charge on any atom is -0.396 e. The van der Waals surface area contributed by atoms with Crippen LogP contribution >= 0.6 is 0 Å². The molecular formula is C23H27N3O3S. The van der Waals surface area contributed by atoms with Crippen LogP contribution in [0.2, 0.25) is 0 Å². The van der Waals surface area contributed by atoms with Gasteiger partial charge in [-0.2, -0.15) is 0 Å². The van der Waals surface area contributed by atoms with Crippen LogP contribution in [-0.2, 0) is 17.3 Å². The summed E-state index contributed by atoms with van der Waals surface area (Å²) >= 11 is 0. The number of aliphatic hydroxyl groups excluding tert-OH is 2. The van der Waals surface area contributed by atoms with E-state index in [0.717, 1.165) is 38.4 Å². The molecule has 0 spiro atoms. The molecule has 4 rings (SSSR count). The predicted molar refractivity (Wildman–Crippen MR) is 121 cm³/mol. The fourth-order valence-electron chi connectivity index (χ4n) is 3.75. The molecule has 30 heavy (non-hydrogen) atoms. The topological polar surface area (TPSA) is 85.7 Å². The molecule has 1 aromatic heterocycles. The SMILES string of the molecule is Cc1ccc2nc(N3CCS(=O)c4ccccc4C3)cc(NCC(O)CCO)c2c1. The Labute approximate surface area is 179 Å². The fourth-order valence-corrected chi connectivity index (χ4v) is 5.01. The third-order valence-electron chi connectivity index (χ3n) is 5.39. The summed E-state index contributed by atoms with van der Waals surface area (Å²) in [5, 5.41) is 23.4. The minimum absolute atomic E-state index is 0.0470. The molecule has 1 aliphatic heterocycles. The molecule has 3 aromatic rings. The number of hydrogen-bond donors (Lipinski definition) is 3. The second-order valence-electron chi connectivity index (χ2n) is 7.67. The standard InChI is InChI=1S/C23H27N3O3S/c1-16-6-7-20-19(12-16)21(24-14-18(28)8-10-27)13-23(25-20)26-9-11-30(29)22-5-3-2-4-17(22)15-26/h2-7,12-13,18,27-28H,8-11,14-15H2,1H3,(H,24,25). The number of anilines is 2. The monoisotopic (exact) mass is 425 g/mol. The number of aliphatic hydroxyl groups is 2. The number of benzene rings is 2. The molecule has 2 unspecified atom stereocenters. The highest BCUT2D eigenvalue weighted by Gasteiger charge is 2.21. The summed E-state index contributed by atoms with van der Waals surface area (Å²) in [5.41, 5.74) is 3.97. The lowest BCUT2D eigenvalue weighted by Gasteiger charge is -2.24. The van der Waals surface area contributed by atoms with Gasteiger partial charge in [0.1, 0.15) is 5.82 Å². The second-order valence-corrected chi connectivity index (χ2v) is 9.21. The minimum atomic E-state index is -1.02. The zero-order valence-electron chi connectivity index (χ0n) is 17.0. The molecule has 6 nitrogen and oxygen atoms in total. The molecular weight excluding hydrogens is 398 g/mol. The van der Waals surface area contributed by atoms with Gasteiger partial charge in [0.05, 0.1) is 22.4 Å². The fraction of sp³-hybridized carbons (Fsp3) is 0.348. The van der Waals surface area contributed by atoms with Gasteiger partial charge in [-0.15, -0.1) is 0 Å². The third kappa shape index (κ3) is 4.48. The third-order valence-corrected chi connectivity index (χ3v) is 6.83. The van der Waals surface area contributed by atoms with E-state index in [1.54, 1.807) is 0 Å². The van der Waals surface area contributed by atoms with Crippen molar-refractivity contribution in [2.24, 2.45) is 0 Å². The Hall–Kier alpha value is -2.48. The number of rotatable bonds is 6. The molecule has 0 amide bonds. The van der Waals surface area contributed by atoms with Gasteiger partial charge in [0.15, 0.2) is 0 Å². The van der Waals surface area contributed by atoms with Crippen LogP contribution in [0, 0.1) is 6.92 Å². The van der Waals surface area contributed by atoms with Crippen molar-refractivity contribution in [2.75, 3.05) is 35.7 Å². The number of pyridine rings is 1. The maximum Gasteiger partial charge on any atom is 0.131 e. The Morgan fingerprint density at radius 1 is 1.23 bits per heavy atom. The van der Waals surface area contributed by atoms with Crippen molar-refractivity contribution in [1.82, 2.24) is 4.98 Å². The molecule has 0 radical (unpaired) electrons. The van der Waals surface area contributed by atoms with Crippen LogP contribution in [-0.4, -0.2) is 51.0 Å². The van der Waals surface area contributed by atoms with Gasteiger partial charge in [0, 0.05) is 54.0 Å². The van der Waals surface area contributed by atoms with Crippen molar-refractivity contribution in [3.63, 3.8) is 0 Å². The van der Waals surface area contributed by atoms with Gasteiger partial charge in [0.2, 0.25) is 0 Å². The Morgan fingerprint density at radius 3 is 2.90 bits per heavy atom. The Bertz CT molecular complexity index is 1070. The zero-order chi connectivity index (χ0) is 21.1. The van der Waals surface area contributed by atoms with Gasteiger partial charge < -0.3 is 20.4 Å². The zero-order valence-corrected chi connectivity index (χ0v) is 17.9. The number of hydrogen-bond acceptors (Lipinski definition) is 6. The van der Waals surface area contributed by atoms with Gasteiger partial charge in [-0.3, -0.25) is 4.21 Å². The van der Waals surface area contributed by atoms with E-state index < -0.39 is 16.9 Å². The summed E-state index contributed by atoms with van der Waals surface area (Å²) in [6, 6.07) is 16.0. The van der Waals surface area contributed by atoms with Gasteiger partial charge in [-0.1, -0.05) is 29.8 Å². The highest BCUT2D eigenvalue weighted by molar-refractivity contribution is 7.85. The molecule has 0 saturated carbocycles. The van der Waals surface area contributed by atoms with Crippen LogP contribution in [0.15, 0.2) is 53.4 Å². The van der Waals surface area contributed by atoms with E-state index >= 15 is 0 Å². The Morgan fingerprint density at radius 2 is 2.07 bits per heavy atom. The van der Waals surface area contributed by atoms with Crippen molar-refractivity contribution in [1.29, 1.82) is 0 Å². The molecule has 1 aliphatic rings. The summed E-state index contributed by atoms with van der Waals surface area (Å²) in [4.78, 5) is 7.96. The maximum absolute atomic E-state index is 12.6. The van der Waals surface area contributed by atoms with Crippen molar-refractivity contribution in [3.8, 4) is 0 Å². The number of nitrogens with zero attached hydrogens (tertiary/aromatic N) is 2. The summed E-state index contributed by atoms with van der Waals surface area (Å²) in [5.74, 6) is 1.38.